The number of amides is 1. The summed E-state index contributed by atoms with van der Waals surface area (Å²) in [6.07, 6.45) is 3.51. The van der Waals surface area contributed by atoms with E-state index in [4.69, 9.17) is 5.41 Å². The highest BCUT2D eigenvalue weighted by molar-refractivity contribution is 8.26. The Morgan fingerprint density at radius 2 is 1.86 bits per heavy atom. The van der Waals surface area contributed by atoms with E-state index in [2.05, 4.69) is 45.9 Å². The Labute approximate surface area is 174 Å². The first kappa shape index (κ1) is 19.4. The fraction of sp³-hybridized carbons (Fsp3) is 0.273. The van der Waals surface area contributed by atoms with Gasteiger partial charge in [-0.25, -0.2) is 0 Å². The first-order chi connectivity index (χ1) is 13.9. The summed E-state index contributed by atoms with van der Waals surface area (Å²) in [5.41, 5.74) is 5.63. The molecular formula is C22H23N5OS. The van der Waals surface area contributed by atoms with Crippen molar-refractivity contribution in [1.29, 1.82) is 5.41 Å². The number of aliphatic imine (C=N–C) groups is 1. The molecule has 1 N–H and O–H groups in total. The van der Waals surface area contributed by atoms with Crippen LogP contribution in [0.1, 0.15) is 42.8 Å². The van der Waals surface area contributed by atoms with E-state index in [1.54, 1.807) is 6.08 Å². The lowest BCUT2D eigenvalue weighted by Crippen LogP contribution is -2.35. The van der Waals surface area contributed by atoms with Gasteiger partial charge >= 0.3 is 0 Å². The van der Waals surface area contributed by atoms with E-state index in [1.807, 2.05) is 26.8 Å². The Morgan fingerprint density at radius 3 is 2.52 bits per heavy atom. The third-order valence-electron chi connectivity index (χ3n) is 5.17. The summed E-state index contributed by atoms with van der Waals surface area (Å²) in [6, 6.07) is 10.5. The van der Waals surface area contributed by atoms with Crippen LogP contribution < -0.4 is 0 Å². The maximum atomic E-state index is 12.6. The number of nitrogens with one attached hydrogen (secondary N) is 1. The molecule has 3 heterocycles. The average molecular weight is 406 g/mol. The van der Waals surface area contributed by atoms with Gasteiger partial charge in [-0.15, -0.1) is 0 Å². The molecule has 7 heteroatoms. The number of hydrazone groups is 1. The van der Waals surface area contributed by atoms with E-state index in [0.29, 0.717) is 5.17 Å². The first-order valence-corrected chi connectivity index (χ1v) is 10.5. The van der Waals surface area contributed by atoms with E-state index < -0.39 is 5.91 Å². The molecule has 148 valence electrons. The van der Waals surface area contributed by atoms with Gasteiger partial charge in [0.1, 0.15) is 5.04 Å². The van der Waals surface area contributed by atoms with Gasteiger partial charge < -0.3 is 4.57 Å². The zero-order chi connectivity index (χ0) is 20.7. The second kappa shape index (κ2) is 7.48. The van der Waals surface area contributed by atoms with Crippen molar-refractivity contribution in [3.05, 3.63) is 58.4 Å². The molecule has 2 aromatic rings. The first-order valence-electron chi connectivity index (χ1n) is 9.70. The van der Waals surface area contributed by atoms with Gasteiger partial charge in [0.15, 0.2) is 5.84 Å². The molecule has 0 bridgehead atoms. The Balaban J connectivity index is 1.73. The Hall–Kier alpha value is -2.93. The molecule has 2 aliphatic rings. The van der Waals surface area contributed by atoms with Crippen molar-refractivity contribution in [3.63, 3.8) is 0 Å². The third kappa shape index (κ3) is 3.35. The smallest absolute Gasteiger partial charge is 0.283 e. The number of benzene rings is 1. The van der Waals surface area contributed by atoms with Crippen LogP contribution in [-0.2, 0) is 11.2 Å². The van der Waals surface area contributed by atoms with Gasteiger partial charge in [-0.3, -0.25) is 10.2 Å². The molecule has 1 amide bonds. The van der Waals surface area contributed by atoms with Gasteiger partial charge in [0.25, 0.3) is 5.91 Å². The minimum Gasteiger partial charge on any atom is -0.318 e. The van der Waals surface area contributed by atoms with Crippen molar-refractivity contribution in [2.75, 3.05) is 0 Å². The standard InChI is InChI=1S/C22H23N5OS/c1-5-15-7-9-17(10-8-15)26-13(3)11-16(14(26)4)12-18-20(23)27-22(24-21(18)28)29-19(6-2)25-27/h7-12,23H,5-6H2,1-4H3/b18-12-,23-20?. The van der Waals surface area contributed by atoms with Crippen molar-refractivity contribution < 1.29 is 4.79 Å². The predicted octanol–water partition coefficient (Wildman–Crippen LogP) is 4.69. The number of amidine groups is 2. The van der Waals surface area contributed by atoms with Crippen molar-refractivity contribution in [1.82, 2.24) is 9.58 Å². The maximum absolute atomic E-state index is 12.6. The number of carbonyl (C=O) groups excluding carboxylic acids is 1. The van der Waals surface area contributed by atoms with Crippen LogP contribution in [0, 0.1) is 19.3 Å². The number of aryl methyl sites for hydroxylation is 2. The van der Waals surface area contributed by atoms with Crippen LogP contribution >= 0.6 is 11.8 Å². The molecule has 0 saturated heterocycles. The maximum Gasteiger partial charge on any atom is 0.283 e. The summed E-state index contributed by atoms with van der Waals surface area (Å²) >= 11 is 1.35. The highest BCUT2D eigenvalue weighted by Crippen LogP contribution is 2.30. The highest BCUT2D eigenvalue weighted by atomic mass is 32.2. The molecule has 0 saturated carbocycles. The molecule has 1 aromatic heterocycles. The molecule has 4 rings (SSSR count). The van der Waals surface area contributed by atoms with Crippen LogP contribution in [0.5, 0.6) is 0 Å². The van der Waals surface area contributed by atoms with Crippen LogP contribution in [0.2, 0.25) is 0 Å². The number of fused-ring (bicyclic) bond motifs is 1. The lowest BCUT2D eigenvalue weighted by Gasteiger charge is -2.20. The zero-order valence-electron chi connectivity index (χ0n) is 17.0. The second-order valence-electron chi connectivity index (χ2n) is 7.05. The molecular weight excluding hydrogens is 382 g/mol. The zero-order valence-corrected chi connectivity index (χ0v) is 17.8. The summed E-state index contributed by atoms with van der Waals surface area (Å²) in [7, 11) is 0. The molecule has 0 atom stereocenters. The topological polar surface area (TPSA) is 73.8 Å². The van der Waals surface area contributed by atoms with E-state index in [-0.39, 0.29) is 11.4 Å². The number of thioether (sulfide) groups is 1. The van der Waals surface area contributed by atoms with E-state index in [1.165, 1.54) is 22.3 Å². The summed E-state index contributed by atoms with van der Waals surface area (Å²) in [5.74, 6) is -0.313. The summed E-state index contributed by atoms with van der Waals surface area (Å²) in [5, 5.41) is 15.7. The van der Waals surface area contributed by atoms with Crippen molar-refractivity contribution in [2.45, 2.75) is 40.5 Å². The lowest BCUT2D eigenvalue weighted by atomic mass is 10.1. The van der Waals surface area contributed by atoms with Crippen molar-refractivity contribution >= 4 is 39.8 Å². The Morgan fingerprint density at radius 1 is 1.14 bits per heavy atom. The minimum atomic E-state index is -0.390. The van der Waals surface area contributed by atoms with Crippen LogP contribution in [0.3, 0.4) is 0 Å². The van der Waals surface area contributed by atoms with Crippen molar-refractivity contribution in [3.8, 4) is 5.69 Å². The Bertz CT molecular complexity index is 1100. The Kier molecular flexibility index (Phi) is 5.00. The van der Waals surface area contributed by atoms with Crippen LogP contribution in [0.15, 0.2) is 46.0 Å². The van der Waals surface area contributed by atoms with Crippen molar-refractivity contribution in [2.24, 2.45) is 10.1 Å². The van der Waals surface area contributed by atoms with Crippen LogP contribution in [0.25, 0.3) is 11.8 Å². The number of aromatic nitrogens is 1. The summed E-state index contributed by atoms with van der Waals surface area (Å²) in [4.78, 5) is 16.7. The normalized spacial score (nSPS) is 17.7. The fourth-order valence-corrected chi connectivity index (χ4v) is 4.37. The molecule has 2 aliphatic heterocycles. The highest BCUT2D eigenvalue weighted by Gasteiger charge is 2.35. The number of carbonyl (C=O) groups is 1. The molecule has 0 aliphatic carbocycles. The molecule has 29 heavy (non-hydrogen) atoms. The quantitative estimate of drug-likeness (QED) is 0.750. The lowest BCUT2D eigenvalue weighted by molar-refractivity contribution is -0.114. The van der Waals surface area contributed by atoms with Crippen LogP contribution in [-0.4, -0.2) is 31.5 Å². The molecule has 0 radical (unpaired) electrons. The van der Waals surface area contributed by atoms with Gasteiger partial charge in [0.2, 0.25) is 5.17 Å². The number of hydrogen-bond donors (Lipinski definition) is 1. The summed E-state index contributed by atoms with van der Waals surface area (Å²) < 4.78 is 2.16. The molecule has 0 spiro atoms. The van der Waals surface area contributed by atoms with Gasteiger partial charge in [-0.1, -0.05) is 26.0 Å². The van der Waals surface area contributed by atoms with E-state index >= 15 is 0 Å². The SMILES string of the molecule is CCC1=NN2C(=N)/C(=C/c3cc(C)n(-c4ccc(CC)cc4)c3C)C(=O)N=C2S1. The third-order valence-corrected chi connectivity index (χ3v) is 6.22. The number of hydrogen-bond acceptors (Lipinski definition) is 4. The fourth-order valence-electron chi connectivity index (χ4n) is 3.54. The molecule has 0 unspecified atom stereocenters. The molecule has 6 nitrogen and oxygen atoms in total. The molecule has 0 fully saturated rings. The minimum absolute atomic E-state index is 0.0769. The number of rotatable bonds is 4. The van der Waals surface area contributed by atoms with Gasteiger partial charge in [-0.05, 0) is 73.9 Å². The van der Waals surface area contributed by atoms with Gasteiger partial charge in [-0.2, -0.15) is 15.1 Å². The average Bonchev–Trinajstić information content (AvgIpc) is 3.25. The van der Waals surface area contributed by atoms with Gasteiger partial charge in [0, 0.05) is 17.1 Å². The van der Waals surface area contributed by atoms with Crippen LogP contribution in [0.4, 0.5) is 0 Å². The summed E-state index contributed by atoms with van der Waals surface area (Å²) in [6.45, 7) is 8.20. The van der Waals surface area contributed by atoms with E-state index in [0.717, 1.165) is 40.5 Å². The van der Waals surface area contributed by atoms with E-state index in [9.17, 15) is 4.79 Å². The molecule has 1 aromatic carbocycles. The van der Waals surface area contributed by atoms with Gasteiger partial charge in [0.05, 0.1) is 5.57 Å². The number of nitrogens with zero attached hydrogens (tertiary/aromatic N) is 4. The predicted molar refractivity (Wildman–Crippen MR) is 120 cm³/mol. The second-order valence-corrected chi connectivity index (χ2v) is 8.09. The monoisotopic (exact) mass is 405 g/mol. The largest absolute Gasteiger partial charge is 0.318 e.